The first kappa shape index (κ1) is 13.4. The molecule has 1 aliphatic rings. The fourth-order valence-corrected chi connectivity index (χ4v) is 2.36. The molecule has 3 heteroatoms. The van der Waals surface area contributed by atoms with Crippen LogP contribution in [0.4, 0.5) is 0 Å². The minimum atomic E-state index is -0.657. The molecule has 0 amide bonds. The minimum absolute atomic E-state index is 0.657. The molecule has 18 heavy (non-hydrogen) atoms. The number of benzene rings is 1. The van der Waals surface area contributed by atoms with Crippen LogP contribution in [0.1, 0.15) is 31.7 Å². The third-order valence-corrected chi connectivity index (χ3v) is 3.68. The van der Waals surface area contributed by atoms with E-state index in [0.29, 0.717) is 0 Å². The number of likely N-dealkylation sites (tertiary alicyclic amines) is 1. The SMILES string of the molecule is CCCOc1ccc(C2(O)CCN(C)CC2)cc1. The maximum atomic E-state index is 10.7. The zero-order valence-electron chi connectivity index (χ0n) is 11.4. The van der Waals surface area contributed by atoms with E-state index in [1.54, 1.807) is 0 Å². The van der Waals surface area contributed by atoms with Gasteiger partial charge in [0.25, 0.3) is 0 Å². The minimum Gasteiger partial charge on any atom is -0.494 e. The van der Waals surface area contributed by atoms with Crippen molar-refractivity contribution >= 4 is 0 Å². The zero-order chi connectivity index (χ0) is 13.0. The number of piperidine rings is 1. The highest BCUT2D eigenvalue weighted by Gasteiger charge is 2.32. The first-order chi connectivity index (χ1) is 8.64. The highest BCUT2D eigenvalue weighted by Crippen LogP contribution is 2.33. The predicted octanol–water partition coefficient (Wildman–Crippen LogP) is 2.39. The van der Waals surface area contributed by atoms with Crippen molar-refractivity contribution in [1.29, 1.82) is 0 Å². The Morgan fingerprint density at radius 1 is 1.22 bits per heavy atom. The molecular weight excluding hydrogens is 226 g/mol. The summed E-state index contributed by atoms with van der Waals surface area (Å²) >= 11 is 0. The third kappa shape index (κ3) is 3.03. The molecule has 100 valence electrons. The summed E-state index contributed by atoms with van der Waals surface area (Å²) in [5.41, 5.74) is 0.356. The number of hydrogen-bond donors (Lipinski definition) is 1. The second-order valence-electron chi connectivity index (χ2n) is 5.21. The maximum Gasteiger partial charge on any atom is 0.119 e. The summed E-state index contributed by atoms with van der Waals surface area (Å²) in [6.07, 6.45) is 2.62. The monoisotopic (exact) mass is 249 g/mol. The molecule has 1 N–H and O–H groups in total. The molecule has 1 heterocycles. The molecule has 0 spiro atoms. The van der Waals surface area contributed by atoms with Gasteiger partial charge in [0.2, 0.25) is 0 Å². The van der Waals surface area contributed by atoms with Gasteiger partial charge >= 0.3 is 0 Å². The van der Waals surface area contributed by atoms with Crippen molar-refractivity contribution in [3.63, 3.8) is 0 Å². The van der Waals surface area contributed by atoms with Gasteiger partial charge in [-0.1, -0.05) is 19.1 Å². The highest BCUT2D eigenvalue weighted by atomic mass is 16.5. The summed E-state index contributed by atoms with van der Waals surface area (Å²) in [6.45, 7) is 4.74. The van der Waals surface area contributed by atoms with Gasteiger partial charge < -0.3 is 14.7 Å². The molecule has 0 radical (unpaired) electrons. The average molecular weight is 249 g/mol. The lowest BCUT2D eigenvalue weighted by Crippen LogP contribution is -2.40. The fraction of sp³-hybridized carbons (Fsp3) is 0.600. The second-order valence-corrected chi connectivity index (χ2v) is 5.21. The van der Waals surface area contributed by atoms with Gasteiger partial charge in [-0.05, 0) is 44.0 Å². The molecule has 0 aromatic heterocycles. The van der Waals surface area contributed by atoms with Crippen LogP contribution < -0.4 is 4.74 Å². The van der Waals surface area contributed by atoms with E-state index in [9.17, 15) is 5.11 Å². The summed E-state index contributed by atoms with van der Waals surface area (Å²) in [7, 11) is 2.10. The molecule has 0 bridgehead atoms. The Bertz CT molecular complexity index is 367. The Balaban J connectivity index is 2.04. The quantitative estimate of drug-likeness (QED) is 0.889. The Morgan fingerprint density at radius 2 is 1.83 bits per heavy atom. The van der Waals surface area contributed by atoms with E-state index < -0.39 is 5.60 Å². The van der Waals surface area contributed by atoms with Crippen LogP contribution in [0.5, 0.6) is 5.75 Å². The summed E-state index contributed by atoms with van der Waals surface area (Å²) in [5.74, 6) is 0.886. The van der Waals surface area contributed by atoms with Crippen LogP contribution in [0.25, 0.3) is 0 Å². The van der Waals surface area contributed by atoms with Gasteiger partial charge in [0.15, 0.2) is 0 Å². The Morgan fingerprint density at radius 3 is 2.39 bits per heavy atom. The molecule has 1 fully saturated rings. The molecular formula is C15H23NO2. The lowest BCUT2D eigenvalue weighted by molar-refractivity contribution is -0.0203. The van der Waals surface area contributed by atoms with Crippen molar-refractivity contribution in [2.45, 2.75) is 31.8 Å². The first-order valence-electron chi connectivity index (χ1n) is 6.78. The molecule has 0 atom stereocenters. The van der Waals surface area contributed by atoms with Gasteiger partial charge in [-0.25, -0.2) is 0 Å². The van der Waals surface area contributed by atoms with E-state index in [0.717, 1.165) is 50.3 Å². The zero-order valence-corrected chi connectivity index (χ0v) is 11.4. The topological polar surface area (TPSA) is 32.7 Å². The number of ether oxygens (including phenoxy) is 1. The third-order valence-electron chi connectivity index (χ3n) is 3.68. The molecule has 1 saturated heterocycles. The van der Waals surface area contributed by atoms with Gasteiger partial charge in [0, 0.05) is 13.1 Å². The first-order valence-corrected chi connectivity index (χ1v) is 6.78. The smallest absolute Gasteiger partial charge is 0.119 e. The Labute approximate surface area is 109 Å². The molecule has 0 saturated carbocycles. The summed E-state index contributed by atoms with van der Waals surface area (Å²) in [5, 5.41) is 10.7. The Hall–Kier alpha value is -1.06. The highest BCUT2D eigenvalue weighted by molar-refractivity contribution is 5.31. The number of nitrogens with zero attached hydrogens (tertiary/aromatic N) is 1. The second kappa shape index (κ2) is 5.72. The summed E-state index contributed by atoms with van der Waals surface area (Å²) < 4.78 is 5.56. The molecule has 1 aromatic rings. The molecule has 0 unspecified atom stereocenters. The largest absolute Gasteiger partial charge is 0.494 e. The van der Waals surface area contributed by atoms with Crippen LogP contribution in [0.2, 0.25) is 0 Å². The normalized spacial score (nSPS) is 19.7. The van der Waals surface area contributed by atoms with E-state index in [1.165, 1.54) is 0 Å². The maximum absolute atomic E-state index is 10.7. The van der Waals surface area contributed by atoms with Crippen LogP contribution in [-0.2, 0) is 5.60 Å². The number of aliphatic hydroxyl groups is 1. The molecule has 3 nitrogen and oxygen atoms in total. The lowest BCUT2D eigenvalue weighted by atomic mass is 9.84. The average Bonchev–Trinajstić information content (AvgIpc) is 2.40. The van der Waals surface area contributed by atoms with Crippen molar-refractivity contribution in [1.82, 2.24) is 4.90 Å². The number of rotatable bonds is 4. The van der Waals surface area contributed by atoms with Gasteiger partial charge in [-0.15, -0.1) is 0 Å². The molecule has 0 aliphatic carbocycles. The van der Waals surface area contributed by atoms with Crippen molar-refractivity contribution < 1.29 is 9.84 Å². The van der Waals surface area contributed by atoms with Crippen LogP contribution in [0.3, 0.4) is 0 Å². The summed E-state index contributed by atoms with van der Waals surface area (Å²) in [6, 6.07) is 7.91. The van der Waals surface area contributed by atoms with Crippen LogP contribution >= 0.6 is 0 Å². The van der Waals surface area contributed by atoms with E-state index in [4.69, 9.17) is 4.74 Å². The lowest BCUT2D eigenvalue weighted by Gasteiger charge is -2.37. The van der Waals surface area contributed by atoms with Crippen LogP contribution in [0.15, 0.2) is 24.3 Å². The van der Waals surface area contributed by atoms with E-state index in [1.807, 2.05) is 24.3 Å². The van der Waals surface area contributed by atoms with Gasteiger partial charge in [-0.3, -0.25) is 0 Å². The predicted molar refractivity (Wildman–Crippen MR) is 72.9 cm³/mol. The van der Waals surface area contributed by atoms with Gasteiger partial charge in [0.05, 0.1) is 12.2 Å². The van der Waals surface area contributed by atoms with E-state index in [-0.39, 0.29) is 0 Å². The molecule has 1 aliphatic heterocycles. The van der Waals surface area contributed by atoms with Crippen molar-refractivity contribution in [2.24, 2.45) is 0 Å². The van der Waals surface area contributed by atoms with Crippen LogP contribution in [-0.4, -0.2) is 36.8 Å². The van der Waals surface area contributed by atoms with Crippen LogP contribution in [0, 0.1) is 0 Å². The number of hydrogen-bond acceptors (Lipinski definition) is 3. The standard InChI is InChI=1S/C15H23NO2/c1-3-12-18-14-6-4-13(5-7-14)15(17)8-10-16(2)11-9-15/h4-7,17H,3,8-12H2,1-2H3. The van der Waals surface area contributed by atoms with Gasteiger partial charge in [-0.2, -0.15) is 0 Å². The molecule has 1 aromatic carbocycles. The van der Waals surface area contributed by atoms with Crippen molar-refractivity contribution in [3.8, 4) is 5.75 Å². The summed E-state index contributed by atoms with van der Waals surface area (Å²) in [4.78, 5) is 2.26. The van der Waals surface area contributed by atoms with Gasteiger partial charge in [0.1, 0.15) is 5.75 Å². The van der Waals surface area contributed by atoms with E-state index >= 15 is 0 Å². The molecule has 2 rings (SSSR count). The van der Waals surface area contributed by atoms with Crippen molar-refractivity contribution in [3.05, 3.63) is 29.8 Å². The van der Waals surface area contributed by atoms with E-state index in [2.05, 4.69) is 18.9 Å². The Kier molecular flexibility index (Phi) is 4.25. The van der Waals surface area contributed by atoms with Crippen molar-refractivity contribution in [2.75, 3.05) is 26.7 Å². The fourth-order valence-electron chi connectivity index (χ4n) is 2.36.